The Morgan fingerprint density at radius 2 is 2.00 bits per heavy atom. The fourth-order valence-corrected chi connectivity index (χ4v) is 2.97. The largest absolute Gasteiger partial charge is 0.370 e. The molecule has 3 nitrogen and oxygen atoms in total. The summed E-state index contributed by atoms with van der Waals surface area (Å²) in [5.74, 6) is 1.85. The van der Waals surface area contributed by atoms with Crippen LogP contribution in [0.3, 0.4) is 0 Å². The molecule has 1 N–H and O–H groups in total. The van der Waals surface area contributed by atoms with Gasteiger partial charge in [0.05, 0.1) is 4.88 Å². The molecule has 0 amide bonds. The summed E-state index contributed by atoms with van der Waals surface area (Å²) in [6.07, 6.45) is 2.06. The van der Waals surface area contributed by atoms with E-state index in [1.165, 1.54) is 16.0 Å². The number of hydrogen-bond donors (Lipinski definition) is 1. The summed E-state index contributed by atoms with van der Waals surface area (Å²) in [5.41, 5.74) is 3.56. The van der Waals surface area contributed by atoms with Crippen molar-refractivity contribution in [3.63, 3.8) is 0 Å². The van der Waals surface area contributed by atoms with E-state index < -0.39 is 0 Å². The second-order valence-electron chi connectivity index (χ2n) is 4.67. The molecule has 0 aliphatic rings. The summed E-state index contributed by atoms with van der Waals surface area (Å²) in [6, 6.07) is 2.12. The molecule has 0 aliphatic heterocycles. The van der Waals surface area contributed by atoms with E-state index in [-0.39, 0.29) is 0 Å². The Balaban J connectivity index is 2.47. The summed E-state index contributed by atoms with van der Waals surface area (Å²) in [4.78, 5) is 10.6. The number of nitrogens with one attached hydrogen (secondary N) is 1. The number of thiophene rings is 1. The van der Waals surface area contributed by atoms with E-state index in [9.17, 15) is 0 Å². The molecule has 0 spiro atoms. The first-order valence-electron chi connectivity index (χ1n) is 6.83. The molecular weight excluding hydrogens is 254 g/mol. The molecule has 0 aliphatic carbocycles. The van der Waals surface area contributed by atoms with Crippen molar-refractivity contribution >= 4 is 17.2 Å². The van der Waals surface area contributed by atoms with Crippen LogP contribution in [0.4, 0.5) is 5.82 Å². The molecule has 0 bridgehead atoms. The standard InChI is InChI=1S/C15H21N3S/c1-5-8-16-14-12(6-2)11(4)17-15(18-14)13-10(3)7-9-19-13/h7,9H,5-6,8H2,1-4H3,(H,16,17,18). The maximum atomic E-state index is 4.73. The van der Waals surface area contributed by atoms with Gasteiger partial charge in [0.15, 0.2) is 5.82 Å². The Kier molecular flexibility index (Phi) is 4.53. The van der Waals surface area contributed by atoms with Crippen LogP contribution in [0.25, 0.3) is 10.7 Å². The van der Waals surface area contributed by atoms with Crippen LogP contribution in [0.1, 0.15) is 37.1 Å². The Labute approximate surface area is 119 Å². The number of aryl methyl sites for hydroxylation is 2. The Morgan fingerprint density at radius 1 is 1.21 bits per heavy atom. The minimum absolute atomic E-state index is 0.848. The smallest absolute Gasteiger partial charge is 0.172 e. The fourth-order valence-electron chi connectivity index (χ4n) is 2.11. The molecule has 0 saturated carbocycles. The highest BCUT2D eigenvalue weighted by Crippen LogP contribution is 2.29. The third-order valence-corrected chi connectivity index (χ3v) is 4.19. The maximum absolute atomic E-state index is 4.73. The molecule has 2 rings (SSSR count). The van der Waals surface area contributed by atoms with Crippen LogP contribution in [0, 0.1) is 13.8 Å². The Hall–Kier alpha value is -1.42. The van der Waals surface area contributed by atoms with Crippen molar-refractivity contribution in [2.24, 2.45) is 0 Å². The number of nitrogens with zero attached hydrogens (tertiary/aromatic N) is 2. The lowest BCUT2D eigenvalue weighted by Crippen LogP contribution is -2.09. The van der Waals surface area contributed by atoms with Crippen molar-refractivity contribution in [3.8, 4) is 10.7 Å². The molecule has 0 saturated heterocycles. The van der Waals surface area contributed by atoms with E-state index in [0.717, 1.165) is 36.7 Å². The molecule has 0 fully saturated rings. The summed E-state index contributed by atoms with van der Waals surface area (Å²) >= 11 is 1.70. The van der Waals surface area contributed by atoms with Gasteiger partial charge in [-0.2, -0.15) is 0 Å². The molecule has 102 valence electrons. The van der Waals surface area contributed by atoms with Gasteiger partial charge in [0.2, 0.25) is 0 Å². The fraction of sp³-hybridized carbons (Fsp3) is 0.467. The number of rotatable bonds is 5. The average Bonchev–Trinajstić information content (AvgIpc) is 2.82. The van der Waals surface area contributed by atoms with Gasteiger partial charge in [0.1, 0.15) is 5.82 Å². The van der Waals surface area contributed by atoms with Crippen molar-refractivity contribution in [1.82, 2.24) is 9.97 Å². The molecule has 4 heteroatoms. The summed E-state index contributed by atoms with van der Waals surface area (Å²) < 4.78 is 0. The number of anilines is 1. The zero-order valence-corrected chi connectivity index (χ0v) is 12.9. The Morgan fingerprint density at radius 3 is 2.58 bits per heavy atom. The summed E-state index contributed by atoms with van der Waals surface area (Å²) in [6.45, 7) is 9.45. The minimum Gasteiger partial charge on any atom is -0.370 e. The summed E-state index contributed by atoms with van der Waals surface area (Å²) in [7, 11) is 0. The molecule has 2 aromatic rings. The van der Waals surface area contributed by atoms with Crippen LogP contribution in [-0.4, -0.2) is 16.5 Å². The van der Waals surface area contributed by atoms with Crippen molar-refractivity contribution in [2.75, 3.05) is 11.9 Å². The van der Waals surface area contributed by atoms with Crippen LogP contribution in [-0.2, 0) is 6.42 Å². The van der Waals surface area contributed by atoms with Gasteiger partial charge >= 0.3 is 0 Å². The van der Waals surface area contributed by atoms with Crippen molar-refractivity contribution < 1.29 is 0 Å². The van der Waals surface area contributed by atoms with Crippen molar-refractivity contribution in [2.45, 2.75) is 40.5 Å². The van der Waals surface area contributed by atoms with Crippen LogP contribution in [0.15, 0.2) is 11.4 Å². The molecule has 0 aromatic carbocycles. The van der Waals surface area contributed by atoms with Crippen molar-refractivity contribution in [3.05, 3.63) is 28.3 Å². The average molecular weight is 275 g/mol. The van der Waals surface area contributed by atoms with Crippen molar-refractivity contribution in [1.29, 1.82) is 0 Å². The highest BCUT2D eigenvalue weighted by molar-refractivity contribution is 7.13. The number of aromatic nitrogens is 2. The van der Waals surface area contributed by atoms with E-state index in [4.69, 9.17) is 4.98 Å². The van der Waals surface area contributed by atoms with Gasteiger partial charge in [-0.25, -0.2) is 9.97 Å². The van der Waals surface area contributed by atoms with E-state index in [1.807, 2.05) is 0 Å². The van der Waals surface area contributed by atoms with Gasteiger partial charge in [-0.05, 0) is 43.7 Å². The van der Waals surface area contributed by atoms with E-state index in [0.29, 0.717) is 0 Å². The van der Waals surface area contributed by atoms with Gasteiger partial charge in [0.25, 0.3) is 0 Å². The molecule has 19 heavy (non-hydrogen) atoms. The van der Waals surface area contributed by atoms with Gasteiger partial charge in [0, 0.05) is 17.8 Å². The zero-order valence-electron chi connectivity index (χ0n) is 12.1. The first-order valence-corrected chi connectivity index (χ1v) is 7.71. The van der Waals surface area contributed by atoms with Gasteiger partial charge in [-0.3, -0.25) is 0 Å². The van der Waals surface area contributed by atoms with Gasteiger partial charge < -0.3 is 5.32 Å². The van der Waals surface area contributed by atoms with Gasteiger partial charge in [-0.15, -0.1) is 11.3 Å². The van der Waals surface area contributed by atoms with Crippen LogP contribution in [0.2, 0.25) is 0 Å². The predicted octanol–water partition coefficient (Wildman–Crippen LogP) is 4.21. The zero-order chi connectivity index (χ0) is 13.8. The monoisotopic (exact) mass is 275 g/mol. The first kappa shape index (κ1) is 14.0. The van der Waals surface area contributed by atoms with Crippen LogP contribution >= 0.6 is 11.3 Å². The quantitative estimate of drug-likeness (QED) is 0.888. The SMILES string of the molecule is CCCNc1nc(-c2sccc2C)nc(C)c1CC. The lowest BCUT2D eigenvalue weighted by Gasteiger charge is -2.13. The molecule has 2 heterocycles. The second-order valence-corrected chi connectivity index (χ2v) is 5.59. The minimum atomic E-state index is 0.848. The predicted molar refractivity (Wildman–Crippen MR) is 83.0 cm³/mol. The molecule has 0 radical (unpaired) electrons. The highest BCUT2D eigenvalue weighted by Gasteiger charge is 2.13. The molecule has 2 aromatic heterocycles. The number of hydrogen-bond acceptors (Lipinski definition) is 4. The summed E-state index contributed by atoms with van der Waals surface area (Å²) in [5, 5.41) is 5.52. The topological polar surface area (TPSA) is 37.8 Å². The third kappa shape index (κ3) is 2.95. The molecule has 0 unspecified atom stereocenters. The maximum Gasteiger partial charge on any atom is 0.172 e. The third-order valence-electron chi connectivity index (χ3n) is 3.18. The van der Waals surface area contributed by atoms with E-state index >= 15 is 0 Å². The van der Waals surface area contributed by atoms with Gasteiger partial charge in [-0.1, -0.05) is 13.8 Å². The lowest BCUT2D eigenvalue weighted by molar-refractivity contribution is 0.939. The van der Waals surface area contributed by atoms with E-state index in [2.05, 4.69) is 49.4 Å². The lowest BCUT2D eigenvalue weighted by atomic mass is 10.1. The second kappa shape index (κ2) is 6.15. The van der Waals surface area contributed by atoms with Crippen LogP contribution < -0.4 is 5.32 Å². The normalized spacial score (nSPS) is 10.7. The van der Waals surface area contributed by atoms with E-state index in [1.54, 1.807) is 11.3 Å². The van der Waals surface area contributed by atoms with Crippen LogP contribution in [0.5, 0.6) is 0 Å². The first-order chi connectivity index (χ1) is 9.17. The Bertz CT molecular complexity index is 561. The highest BCUT2D eigenvalue weighted by atomic mass is 32.1. The molecule has 0 atom stereocenters. The molecular formula is C15H21N3S.